The van der Waals surface area contributed by atoms with Crippen molar-refractivity contribution >= 4 is 43.9 Å². The van der Waals surface area contributed by atoms with Gasteiger partial charge in [0.2, 0.25) is 0 Å². The number of H-pyrrole nitrogens is 1. The number of fused-ring (bicyclic) bond motifs is 1. The number of aromatic amines is 1. The van der Waals surface area contributed by atoms with E-state index in [4.69, 9.17) is 28.9 Å². The Labute approximate surface area is 224 Å². The van der Waals surface area contributed by atoms with Crippen LogP contribution < -0.4 is 21.7 Å². The van der Waals surface area contributed by atoms with Crippen molar-refractivity contribution in [1.29, 1.82) is 0 Å². The second kappa shape index (κ2) is 10.5. The minimum Gasteiger partial charge on any atom is -0.405 e. The lowest BCUT2D eigenvalue weighted by Crippen LogP contribution is -2.36. The maximum absolute atomic E-state index is 13.4. The van der Waals surface area contributed by atoms with E-state index in [1.54, 1.807) is 4.90 Å². The third-order valence-corrected chi connectivity index (χ3v) is 8.74. The molecule has 3 N–H and O–H groups in total. The fourth-order valence-corrected chi connectivity index (χ4v) is 6.01. The molecule has 3 aromatic rings. The summed E-state index contributed by atoms with van der Waals surface area (Å²) in [7, 11) is -3.75. The lowest BCUT2D eigenvalue weighted by Gasteiger charge is -2.21. The minimum absolute atomic E-state index is 0.0558. The molecule has 38 heavy (non-hydrogen) atoms. The van der Waals surface area contributed by atoms with Gasteiger partial charge in [0, 0.05) is 36.3 Å². The maximum atomic E-state index is 13.4. The van der Waals surface area contributed by atoms with Crippen LogP contribution >= 0.6 is 23.2 Å². The van der Waals surface area contributed by atoms with E-state index in [0.717, 1.165) is 6.07 Å². The summed E-state index contributed by atoms with van der Waals surface area (Å²) in [6.07, 6.45) is -4.44. The molecule has 0 bridgehead atoms. The van der Waals surface area contributed by atoms with Crippen LogP contribution in [-0.2, 0) is 22.9 Å². The molecule has 0 saturated carbocycles. The first kappa shape index (κ1) is 28.4. The highest BCUT2D eigenvalue weighted by Crippen LogP contribution is 2.36. The first-order valence-corrected chi connectivity index (χ1v) is 13.8. The van der Waals surface area contributed by atoms with Gasteiger partial charge in [-0.3, -0.25) is 14.3 Å². The molecule has 0 unspecified atom stereocenters. The summed E-state index contributed by atoms with van der Waals surface area (Å²) in [6.45, 7) is 1.79. The van der Waals surface area contributed by atoms with Gasteiger partial charge in [0.1, 0.15) is 5.75 Å². The van der Waals surface area contributed by atoms with Crippen molar-refractivity contribution in [2.75, 3.05) is 18.8 Å². The van der Waals surface area contributed by atoms with Gasteiger partial charge in [0.25, 0.3) is 5.56 Å². The number of nitrogens with one attached hydrogen (secondary N) is 1. The van der Waals surface area contributed by atoms with E-state index < -0.39 is 39.7 Å². The third-order valence-electron chi connectivity index (χ3n) is 6.26. The summed E-state index contributed by atoms with van der Waals surface area (Å²) in [5, 5.41) is -0.464. The van der Waals surface area contributed by atoms with Gasteiger partial charge in [0.15, 0.2) is 9.84 Å². The van der Waals surface area contributed by atoms with Gasteiger partial charge in [0.05, 0.1) is 33.1 Å². The van der Waals surface area contributed by atoms with Crippen LogP contribution in [0.15, 0.2) is 38.8 Å². The zero-order chi connectivity index (χ0) is 28.0. The van der Waals surface area contributed by atoms with Crippen molar-refractivity contribution in [3.63, 3.8) is 0 Å². The minimum atomic E-state index is -5.08. The lowest BCUT2D eigenvalue weighted by molar-refractivity contribution is -0.274. The number of hydrogen-bond donors (Lipinski definition) is 2. The van der Waals surface area contributed by atoms with Crippen LogP contribution in [0.3, 0.4) is 0 Å². The zero-order valence-corrected chi connectivity index (χ0v) is 22.3. The SMILES string of the molecule is CCS(=O)(=O)c1ccc(Cl)cc1Cn1c(=O)[nH]c2c(Cl)c(CN3CC[C@@H](N)C3)c(OC(F)(F)F)cc2c1=O. The van der Waals surface area contributed by atoms with Crippen molar-refractivity contribution in [3.8, 4) is 5.75 Å². The molecule has 0 amide bonds. The summed E-state index contributed by atoms with van der Waals surface area (Å²) in [4.78, 5) is 30.5. The highest BCUT2D eigenvalue weighted by Gasteiger charge is 2.34. The van der Waals surface area contributed by atoms with Crippen LogP contribution in [0.1, 0.15) is 24.5 Å². The van der Waals surface area contributed by atoms with Gasteiger partial charge in [-0.15, -0.1) is 13.2 Å². The molecule has 0 aliphatic carbocycles. The number of benzene rings is 2. The fraction of sp³-hybridized carbons (Fsp3) is 0.391. The summed E-state index contributed by atoms with van der Waals surface area (Å²) in [5.74, 6) is -0.938. The third kappa shape index (κ3) is 5.86. The number of alkyl halides is 3. The number of ether oxygens (including phenoxy) is 1. The Balaban J connectivity index is 1.89. The van der Waals surface area contributed by atoms with E-state index in [9.17, 15) is 31.2 Å². The monoisotopic (exact) mass is 594 g/mol. The van der Waals surface area contributed by atoms with Gasteiger partial charge in [-0.1, -0.05) is 30.1 Å². The number of rotatable bonds is 7. The van der Waals surface area contributed by atoms with Gasteiger partial charge in [-0.05, 0) is 36.2 Å². The van der Waals surface area contributed by atoms with Crippen LogP contribution in [0.2, 0.25) is 10.0 Å². The largest absolute Gasteiger partial charge is 0.573 e. The van der Waals surface area contributed by atoms with Gasteiger partial charge >= 0.3 is 12.1 Å². The molecule has 15 heteroatoms. The molecular weight excluding hydrogens is 572 g/mol. The summed E-state index contributed by atoms with van der Waals surface area (Å²) in [5.41, 5.74) is 3.79. The molecule has 2 aromatic carbocycles. The maximum Gasteiger partial charge on any atom is 0.573 e. The predicted octanol–water partition coefficient (Wildman–Crippen LogP) is 3.27. The summed E-state index contributed by atoms with van der Waals surface area (Å²) < 4.78 is 69.8. The normalized spacial score (nSPS) is 16.9. The molecule has 0 spiro atoms. The Bertz CT molecular complexity index is 1620. The molecule has 4 rings (SSSR count). The van der Waals surface area contributed by atoms with Crippen molar-refractivity contribution < 1.29 is 26.3 Å². The Morgan fingerprint density at radius 1 is 1.18 bits per heavy atom. The summed E-state index contributed by atoms with van der Waals surface area (Å²) >= 11 is 12.5. The smallest absolute Gasteiger partial charge is 0.405 e. The Hall–Kier alpha value is -2.58. The molecule has 206 valence electrons. The highest BCUT2D eigenvalue weighted by molar-refractivity contribution is 7.91. The number of sulfone groups is 1. The molecule has 1 aliphatic heterocycles. The van der Waals surface area contributed by atoms with E-state index >= 15 is 0 Å². The van der Waals surface area contributed by atoms with E-state index in [1.165, 1.54) is 25.1 Å². The molecule has 1 aliphatic rings. The number of likely N-dealkylation sites (tertiary alicyclic amines) is 1. The zero-order valence-electron chi connectivity index (χ0n) is 19.9. The number of aromatic nitrogens is 2. The number of halogens is 5. The molecule has 9 nitrogen and oxygen atoms in total. The average Bonchev–Trinajstić information content (AvgIpc) is 3.23. The number of nitrogens with two attached hydrogens (primary N) is 1. The molecule has 1 atom stereocenters. The lowest BCUT2D eigenvalue weighted by atomic mass is 10.1. The molecular formula is C23H23Cl2F3N4O5S. The molecule has 1 fully saturated rings. The van der Waals surface area contributed by atoms with Crippen LogP contribution in [0, 0.1) is 0 Å². The van der Waals surface area contributed by atoms with Crippen molar-refractivity contribution in [2.24, 2.45) is 5.73 Å². The topological polar surface area (TPSA) is 127 Å². The van der Waals surface area contributed by atoms with E-state index in [2.05, 4.69) is 9.72 Å². The van der Waals surface area contributed by atoms with Gasteiger partial charge in [-0.25, -0.2) is 13.2 Å². The number of hydrogen-bond acceptors (Lipinski definition) is 7. The average molecular weight is 595 g/mol. The van der Waals surface area contributed by atoms with Crippen LogP contribution in [-0.4, -0.2) is 54.1 Å². The Morgan fingerprint density at radius 2 is 1.89 bits per heavy atom. The number of nitrogens with zero attached hydrogens (tertiary/aromatic N) is 2. The Kier molecular flexibility index (Phi) is 7.88. The molecule has 1 aromatic heterocycles. The highest BCUT2D eigenvalue weighted by atomic mass is 35.5. The van der Waals surface area contributed by atoms with Gasteiger partial charge in [-0.2, -0.15) is 0 Å². The van der Waals surface area contributed by atoms with Crippen LogP contribution in [0.4, 0.5) is 13.2 Å². The van der Waals surface area contributed by atoms with Crippen LogP contribution in [0.5, 0.6) is 5.75 Å². The first-order chi connectivity index (χ1) is 17.7. The molecule has 0 radical (unpaired) electrons. The van der Waals surface area contributed by atoms with Crippen molar-refractivity contribution in [2.45, 2.75) is 43.7 Å². The van der Waals surface area contributed by atoms with E-state index in [0.29, 0.717) is 24.1 Å². The quantitative estimate of drug-likeness (QED) is 0.429. The van der Waals surface area contributed by atoms with Crippen molar-refractivity contribution in [3.05, 3.63) is 66.3 Å². The Morgan fingerprint density at radius 3 is 2.50 bits per heavy atom. The van der Waals surface area contributed by atoms with Crippen LogP contribution in [0.25, 0.3) is 10.9 Å². The second-order valence-electron chi connectivity index (χ2n) is 8.90. The van der Waals surface area contributed by atoms with Gasteiger partial charge < -0.3 is 15.5 Å². The summed E-state index contributed by atoms with van der Waals surface area (Å²) in [6, 6.07) is 4.64. The first-order valence-electron chi connectivity index (χ1n) is 11.4. The second-order valence-corrected chi connectivity index (χ2v) is 12.0. The standard InChI is InChI=1S/C23H23Cl2F3N4O5S/c1-2-38(35,36)18-4-3-13(24)7-12(18)9-32-21(33)15-8-17(37-23(26,27)28)16(11-31-6-5-14(29)10-31)19(25)20(15)30-22(32)34/h3-4,7-8,14H,2,5-6,9-11,29H2,1H3,(H,30,34)/t14-/m1/s1. The predicted molar refractivity (Wildman–Crippen MR) is 137 cm³/mol. The molecule has 2 heterocycles. The van der Waals surface area contributed by atoms with E-state index in [-0.39, 0.29) is 55.3 Å². The fourth-order valence-electron chi connectivity index (χ4n) is 4.41. The van der Waals surface area contributed by atoms with E-state index in [1.807, 2.05) is 0 Å². The molecule has 1 saturated heterocycles. The van der Waals surface area contributed by atoms with Crippen molar-refractivity contribution in [1.82, 2.24) is 14.5 Å².